The number of anilines is 2. The summed E-state index contributed by atoms with van der Waals surface area (Å²) in [6, 6.07) is 5.76. The lowest BCUT2D eigenvalue weighted by Gasteiger charge is -2.22. The molecule has 0 aliphatic heterocycles. The Balaban J connectivity index is 2.26. The smallest absolute Gasteiger partial charge is 0.126 e. The van der Waals surface area contributed by atoms with E-state index in [1.165, 1.54) is 6.07 Å². The number of pyridine rings is 1. The van der Waals surface area contributed by atoms with Crippen molar-refractivity contribution >= 4 is 11.4 Å². The predicted molar refractivity (Wildman–Crippen MR) is 78.7 cm³/mol. The SMILES string of the molecule is CC(Nc1cnccc1N(C)C)c1ccc(F)cc1O. The van der Waals surface area contributed by atoms with Crippen LogP contribution in [-0.4, -0.2) is 24.2 Å². The van der Waals surface area contributed by atoms with Crippen molar-refractivity contribution in [3.05, 3.63) is 48.0 Å². The molecule has 0 aliphatic rings. The van der Waals surface area contributed by atoms with Crippen molar-refractivity contribution < 1.29 is 9.50 Å². The topological polar surface area (TPSA) is 48.4 Å². The summed E-state index contributed by atoms with van der Waals surface area (Å²) in [5, 5.41) is 13.1. The monoisotopic (exact) mass is 275 g/mol. The Bertz CT molecular complexity index is 601. The lowest BCUT2D eigenvalue weighted by Crippen LogP contribution is -2.14. The van der Waals surface area contributed by atoms with Crippen molar-refractivity contribution in [1.82, 2.24) is 4.98 Å². The number of aromatic nitrogens is 1. The first-order valence-corrected chi connectivity index (χ1v) is 6.35. The summed E-state index contributed by atoms with van der Waals surface area (Å²) in [4.78, 5) is 6.07. The summed E-state index contributed by atoms with van der Waals surface area (Å²) in [6.07, 6.45) is 3.45. The Labute approximate surface area is 117 Å². The predicted octanol–water partition coefficient (Wildman–Crippen LogP) is 3.17. The molecule has 2 rings (SSSR count). The Kier molecular flexibility index (Phi) is 4.08. The van der Waals surface area contributed by atoms with Gasteiger partial charge in [0.05, 0.1) is 23.6 Å². The molecule has 2 N–H and O–H groups in total. The van der Waals surface area contributed by atoms with Crippen LogP contribution in [0.3, 0.4) is 0 Å². The van der Waals surface area contributed by atoms with Crippen LogP contribution in [0.5, 0.6) is 5.75 Å². The van der Waals surface area contributed by atoms with Gasteiger partial charge in [-0.05, 0) is 19.1 Å². The number of hydrogen-bond acceptors (Lipinski definition) is 4. The largest absolute Gasteiger partial charge is 0.507 e. The number of rotatable bonds is 4. The zero-order chi connectivity index (χ0) is 14.7. The molecule has 0 saturated heterocycles. The number of halogens is 1. The normalized spacial score (nSPS) is 12.0. The Morgan fingerprint density at radius 1 is 1.30 bits per heavy atom. The van der Waals surface area contributed by atoms with Crippen LogP contribution in [0, 0.1) is 5.82 Å². The van der Waals surface area contributed by atoms with Gasteiger partial charge in [0.15, 0.2) is 0 Å². The molecule has 0 saturated carbocycles. The standard InChI is InChI=1S/C15H18FN3O/c1-10(12-5-4-11(16)8-15(12)20)18-13-9-17-7-6-14(13)19(2)3/h4-10,18,20H,1-3H3. The van der Waals surface area contributed by atoms with Crippen molar-refractivity contribution in [3.63, 3.8) is 0 Å². The fourth-order valence-corrected chi connectivity index (χ4v) is 2.08. The van der Waals surface area contributed by atoms with E-state index in [4.69, 9.17) is 0 Å². The number of aromatic hydroxyl groups is 1. The third kappa shape index (κ3) is 2.99. The van der Waals surface area contributed by atoms with Gasteiger partial charge in [0.2, 0.25) is 0 Å². The maximum absolute atomic E-state index is 13.0. The van der Waals surface area contributed by atoms with E-state index < -0.39 is 5.82 Å². The highest BCUT2D eigenvalue weighted by molar-refractivity contribution is 5.68. The van der Waals surface area contributed by atoms with E-state index in [1.54, 1.807) is 18.5 Å². The maximum Gasteiger partial charge on any atom is 0.126 e. The number of nitrogens with zero attached hydrogens (tertiary/aromatic N) is 2. The van der Waals surface area contributed by atoms with E-state index in [9.17, 15) is 9.50 Å². The second-order valence-electron chi connectivity index (χ2n) is 4.86. The number of phenols is 1. The summed E-state index contributed by atoms with van der Waals surface area (Å²) < 4.78 is 13.0. The average Bonchev–Trinajstić information content (AvgIpc) is 2.38. The molecular formula is C15H18FN3O. The quantitative estimate of drug-likeness (QED) is 0.900. The van der Waals surface area contributed by atoms with E-state index in [-0.39, 0.29) is 11.8 Å². The van der Waals surface area contributed by atoms with Gasteiger partial charge >= 0.3 is 0 Å². The van der Waals surface area contributed by atoms with Gasteiger partial charge in [0, 0.05) is 31.9 Å². The minimum atomic E-state index is -0.450. The zero-order valence-electron chi connectivity index (χ0n) is 11.8. The molecule has 106 valence electrons. The van der Waals surface area contributed by atoms with Crippen LogP contribution in [0.15, 0.2) is 36.7 Å². The van der Waals surface area contributed by atoms with Gasteiger partial charge in [0.1, 0.15) is 11.6 Å². The van der Waals surface area contributed by atoms with Gasteiger partial charge in [-0.3, -0.25) is 4.98 Å². The van der Waals surface area contributed by atoms with Crippen LogP contribution < -0.4 is 10.2 Å². The third-order valence-electron chi connectivity index (χ3n) is 3.11. The van der Waals surface area contributed by atoms with E-state index in [0.717, 1.165) is 17.4 Å². The molecule has 1 heterocycles. The average molecular weight is 275 g/mol. The van der Waals surface area contributed by atoms with E-state index in [1.807, 2.05) is 32.0 Å². The van der Waals surface area contributed by atoms with Crippen molar-refractivity contribution in [3.8, 4) is 5.75 Å². The highest BCUT2D eigenvalue weighted by Gasteiger charge is 2.13. The molecule has 20 heavy (non-hydrogen) atoms. The highest BCUT2D eigenvalue weighted by atomic mass is 19.1. The molecule has 0 fully saturated rings. The number of benzene rings is 1. The molecule has 2 aromatic rings. The lowest BCUT2D eigenvalue weighted by molar-refractivity contribution is 0.459. The summed E-state index contributed by atoms with van der Waals surface area (Å²) in [7, 11) is 3.89. The molecule has 1 atom stereocenters. The van der Waals surface area contributed by atoms with Gasteiger partial charge in [-0.15, -0.1) is 0 Å². The number of phenolic OH excluding ortho intramolecular Hbond substituents is 1. The van der Waals surface area contributed by atoms with Crippen LogP contribution >= 0.6 is 0 Å². The minimum absolute atomic E-state index is 0.0553. The zero-order valence-corrected chi connectivity index (χ0v) is 11.8. The molecular weight excluding hydrogens is 257 g/mol. The Morgan fingerprint density at radius 3 is 2.70 bits per heavy atom. The molecule has 0 amide bonds. The van der Waals surface area contributed by atoms with Crippen molar-refractivity contribution in [1.29, 1.82) is 0 Å². The highest BCUT2D eigenvalue weighted by Crippen LogP contribution is 2.30. The Morgan fingerprint density at radius 2 is 2.05 bits per heavy atom. The molecule has 1 aromatic carbocycles. The van der Waals surface area contributed by atoms with Gasteiger partial charge in [-0.2, -0.15) is 0 Å². The summed E-state index contributed by atoms with van der Waals surface area (Å²) >= 11 is 0. The van der Waals surface area contributed by atoms with Crippen molar-refractivity contribution in [2.75, 3.05) is 24.3 Å². The van der Waals surface area contributed by atoms with Gasteiger partial charge in [0.25, 0.3) is 0 Å². The molecule has 0 bridgehead atoms. The van der Waals surface area contributed by atoms with E-state index >= 15 is 0 Å². The minimum Gasteiger partial charge on any atom is -0.507 e. The van der Waals surface area contributed by atoms with Crippen LogP contribution in [0.1, 0.15) is 18.5 Å². The van der Waals surface area contributed by atoms with Crippen LogP contribution in [-0.2, 0) is 0 Å². The second-order valence-corrected chi connectivity index (χ2v) is 4.86. The first kappa shape index (κ1) is 14.1. The van der Waals surface area contributed by atoms with Crippen LogP contribution in [0.4, 0.5) is 15.8 Å². The molecule has 0 radical (unpaired) electrons. The number of nitrogens with one attached hydrogen (secondary N) is 1. The van der Waals surface area contributed by atoms with Crippen molar-refractivity contribution in [2.45, 2.75) is 13.0 Å². The molecule has 0 spiro atoms. The fourth-order valence-electron chi connectivity index (χ4n) is 2.08. The first-order chi connectivity index (χ1) is 9.49. The van der Waals surface area contributed by atoms with E-state index in [2.05, 4.69) is 10.3 Å². The molecule has 1 aromatic heterocycles. The summed E-state index contributed by atoms with van der Waals surface area (Å²) in [6.45, 7) is 1.90. The Hall–Kier alpha value is -2.30. The second kappa shape index (κ2) is 5.77. The lowest BCUT2D eigenvalue weighted by atomic mass is 10.1. The van der Waals surface area contributed by atoms with Crippen molar-refractivity contribution in [2.24, 2.45) is 0 Å². The van der Waals surface area contributed by atoms with E-state index in [0.29, 0.717) is 5.56 Å². The number of hydrogen-bond donors (Lipinski definition) is 2. The molecule has 5 heteroatoms. The van der Waals surface area contributed by atoms with Crippen LogP contribution in [0.2, 0.25) is 0 Å². The van der Waals surface area contributed by atoms with Gasteiger partial charge in [-0.25, -0.2) is 4.39 Å². The summed E-state index contributed by atoms with van der Waals surface area (Å²) in [5.74, 6) is -0.505. The third-order valence-corrected chi connectivity index (χ3v) is 3.11. The summed E-state index contributed by atoms with van der Waals surface area (Å²) in [5.41, 5.74) is 2.49. The first-order valence-electron chi connectivity index (χ1n) is 6.35. The molecule has 0 aliphatic carbocycles. The maximum atomic E-state index is 13.0. The van der Waals surface area contributed by atoms with Gasteiger partial charge < -0.3 is 15.3 Å². The fraction of sp³-hybridized carbons (Fsp3) is 0.267. The molecule has 4 nitrogen and oxygen atoms in total. The molecule has 1 unspecified atom stereocenters. The van der Waals surface area contributed by atoms with Gasteiger partial charge in [-0.1, -0.05) is 6.07 Å². The van der Waals surface area contributed by atoms with Crippen LogP contribution in [0.25, 0.3) is 0 Å².